The molecule has 4 aliphatic rings. The highest BCUT2D eigenvalue weighted by Crippen LogP contribution is 2.59. The number of para-hydroxylation sites is 1. The maximum Gasteiger partial charge on any atom is 0.0682 e. The van der Waals surface area contributed by atoms with Crippen LogP contribution in [0.3, 0.4) is 0 Å². The number of fused-ring (bicyclic) bond motifs is 2. The Hall–Kier alpha value is -6.42. The van der Waals surface area contributed by atoms with Crippen LogP contribution in [0.5, 0.6) is 0 Å². The SMILES string of the molecule is Cc1ccc(C2(c3ccc(C)cc3)C3=C(C=CC=CC3C)c3ccc(N(c4ccc(C=Nc5ccccc5)cc4)c4ccc(C5CC=C(C6=CCCC=C6)S5)cc4)cc32)cc1. The smallest absolute Gasteiger partial charge is 0.0682 e. The quantitative estimate of drug-likeness (QED) is 0.135. The third-order valence-corrected chi connectivity index (χ3v) is 14.1. The number of allylic oxidation sites excluding steroid dienone is 11. The van der Waals surface area contributed by atoms with Gasteiger partial charge in [-0.25, -0.2) is 0 Å². The van der Waals surface area contributed by atoms with Gasteiger partial charge in [-0.1, -0.05) is 164 Å². The lowest BCUT2D eigenvalue weighted by Gasteiger charge is -2.38. The monoisotopic (exact) mass is 806 g/mol. The Kier molecular flexibility index (Phi) is 10.5. The van der Waals surface area contributed by atoms with Crippen molar-refractivity contribution < 1.29 is 0 Å². The van der Waals surface area contributed by atoms with Crippen molar-refractivity contribution in [1.82, 2.24) is 0 Å². The second-order valence-corrected chi connectivity index (χ2v) is 18.0. The molecule has 2 atom stereocenters. The molecule has 298 valence electrons. The van der Waals surface area contributed by atoms with Crippen LogP contribution in [-0.2, 0) is 5.41 Å². The van der Waals surface area contributed by atoms with E-state index in [1.54, 1.807) is 0 Å². The number of anilines is 3. The topological polar surface area (TPSA) is 15.6 Å². The zero-order chi connectivity index (χ0) is 41.3. The summed E-state index contributed by atoms with van der Waals surface area (Å²) in [6.07, 6.45) is 23.8. The van der Waals surface area contributed by atoms with E-state index in [0.29, 0.717) is 5.25 Å². The van der Waals surface area contributed by atoms with E-state index in [4.69, 9.17) is 4.99 Å². The number of thioether (sulfide) groups is 1. The van der Waals surface area contributed by atoms with Crippen molar-refractivity contribution >= 4 is 46.3 Å². The Bertz CT molecular complexity index is 2750. The molecule has 3 aliphatic carbocycles. The Balaban J connectivity index is 1.11. The summed E-state index contributed by atoms with van der Waals surface area (Å²) in [5.41, 5.74) is 18.1. The molecule has 1 heterocycles. The lowest BCUT2D eigenvalue weighted by molar-refractivity contribution is 0.656. The molecular formula is C58H50N2S. The van der Waals surface area contributed by atoms with E-state index < -0.39 is 5.41 Å². The predicted molar refractivity (Wildman–Crippen MR) is 261 cm³/mol. The number of aryl methyl sites for hydroxylation is 2. The molecule has 0 amide bonds. The normalized spacial score (nSPS) is 18.8. The van der Waals surface area contributed by atoms with Gasteiger partial charge in [-0.15, -0.1) is 11.8 Å². The zero-order valence-corrected chi connectivity index (χ0v) is 35.9. The van der Waals surface area contributed by atoms with Gasteiger partial charge in [0.05, 0.1) is 11.1 Å². The summed E-state index contributed by atoms with van der Waals surface area (Å²) in [4.78, 5) is 8.60. The Morgan fingerprint density at radius 2 is 1.34 bits per heavy atom. The molecular weight excluding hydrogens is 757 g/mol. The second kappa shape index (κ2) is 16.6. The van der Waals surface area contributed by atoms with E-state index >= 15 is 0 Å². The standard InChI is InChI=1S/C58H50N2S/c1-40-18-26-46(27-19-40)58(47-28-20-41(2)21-29-47)54-38-51(34-35-52(54)53-17-11-10-12-42(3)57(53)58)60(49-30-22-43(23-31-49)39-59-48-15-8-5-9-16-48)50-32-24-45(25-33-50)56-37-36-55(61-56)44-13-6-4-7-14-44/h5-6,8-36,38-39,42,56H,4,7,37H2,1-3H3. The largest absolute Gasteiger partial charge is 0.310 e. The molecule has 0 bridgehead atoms. The Labute approximate surface area is 365 Å². The van der Waals surface area contributed by atoms with Crippen LogP contribution < -0.4 is 4.90 Å². The van der Waals surface area contributed by atoms with Crippen molar-refractivity contribution in [3.8, 4) is 0 Å². The minimum absolute atomic E-state index is 0.214. The summed E-state index contributed by atoms with van der Waals surface area (Å²) in [7, 11) is 0. The lowest BCUT2D eigenvalue weighted by atomic mass is 9.64. The highest BCUT2D eigenvalue weighted by molar-refractivity contribution is 8.03. The van der Waals surface area contributed by atoms with E-state index in [1.165, 1.54) is 60.6 Å². The van der Waals surface area contributed by atoms with Gasteiger partial charge in [0.1, 0.15) is 0 Å². The van der Waals surface area contributed by atoms with Crippen LogP contribution in [0.25, 0.3) is 5.57 Å². The van der Waals surface area contributed by atoms with Crippen LogP contribution in [0.1, 0.15) is 75.9 Å². The van der Waals surface area contributed by atoms with Crippen molar-refractivity contribution in [2.45, 2.75) is 50.7 Å². The first-order valence-electron chi connectivity index (χ1n) is 21.7. The minimum atomic E-state index is -0.499. The molecule has 0 saturated heterocycles. The van der Waals surface area contributed by atoms with E-state index in [9.17, 15) is 0 Å². The molecule has 0 saturated carbocycles. The van der Waals surface area contributed by atoms with Gasteiger partial charge in [0, 0.05) is 33.4 Å². The number of benzene rings is 6. The Morgan fingerprint density at radius 3 is 2.02 bits per heavy atom. The van der Waals surface area contributed by atoms with Crippen LogP contribution in [-0.4, -0.2) is 6.21 Å². The first-order chi connectivity index (χ1) is 30.0. The molecule has 10 rings (SSSR count). The number of rotatable bonds is 9. The third-order valence-electron chi connectivity index (χ3n) is 12.7. The summed E-state index contributed by atoms with van der Waals surface area (Å²) in [5, 5.41) is 0.409. The summed E-state index contributed by atoms with van der Waals surface area (Å²) in [5.74, 6) is 0.214. The predicted octanol–water partition coefficient (Wildman–Crippen LogP) is 15.7. The fourth-order valence-electron chi connectivity index (χ4n) is 9.66. The summed E-state index contributed by atoms with van der Waals surface area (Å²) < 4.78 is 0. The van der Waals surface area contributed by atoms with Gasteiger partial charge >= 0.3 is 0 Å². The van der Waals surface area contributed by atoms with E-state index in [0.717, 1.165) is 47.6 Å². The maximum absolute atomic E-state index is 4.75. The molecule has 0 aromatic heterocycles. The average molecular weight is 807 g/mol. The Morgan fingerprint density at radius 1 is 0.672 bits per heavy atom. The fraction of sp³-hybridized carbons (Fsp3) is 0.155. The van der Waals surface area contributed by atoms with Gasteiger partial charge in [0.2, 0.25) is 0 Å². The summed E-state index contributed by atoms with van der Waals surface area (Å²) in [6.45, 7) is 6.73. The van der Waals surface area contributed by atoms with E-state index in [2.05, 4.69) is 190 Å². The first kappa shape index (κ1) is 38.8. The molecule has 0 spiro atoms. The maximum atomic E-state index is 4.75. The highest BCUT2D eigenvalue weighted by atomic mass is 32.2. The van der Waals surface area contributed by atoms with E-state index in [1.807, 2.05) is 48.3 Å². The van der Waals surface area contributed by atoms with Crippen molar-refractivity contribution in [3.63, 3.8) is 0 Å². The minimum Gasteiger partial charge on any atom is -0.310 e. The van der Waals surface area contributed by atoms with Crippen LogP contribution in [0, 0.1) is 19.8 Å². The van der Waals surface area contributed by atoms with Crippen molar-refractivity contribution in [1.29, 1.82) is 0 Å². The molecule has 0 fully saturated rings. The second-order valence-electron chi connectivity index (χ2n) is 16.7. The van der Waals surface area contributed by atoms with Crippen molar-refractivity contribution in [3.05, 3.63) is 255 Å². The van der Waals surface area contributed by atoms with Gasteiger partial charge in [-0.05, 0) is 138 Å². The lowest BCUT2D eigenvalue weighted by Crippen LogP contribution is -2.32. The van der Waals surface area contributed by atoms with Gasteiger partial charge < -0.3 is 4.90 Å². The molecule has 1 aliphatic heterocycles. The van der Waals surface area contributed by atoms with Crippen LogP contribution in [0.2, 0.25) is 0 Å². The van der Waals surface area contributed by atoms with Crippen molar-refractivity contribution in [2.75, 3.05) is 4.90 Å². The summed E-state index contributed by atoms with van der Waals surface area (Å²) in [6, 6.07) is 54.1. The number of nitrogens with zero attached hydrogens (tertiary/aromatic N) is 2. The van der Waals surface area contributed by atoms with Crippen LogP contribution in [0.4, 0.5) is 22.7 Å². The molecule has 0 radical (unpaired) electrons. The molecule has 6 aromatic rings. The van der Waals surface area contributed by atoms with E-state index in [-0.39, 0.29) is 5.92 Å². The van der Waals surface area contributed by atoms with Crippen LogP contribution >= 0.6 is 11.8 Å². The molecule has 3 heteroatoms. The first-order valence-corrected chi connectivity index (χ1v) is 22.6. The fourth-order valence-corrected chi connectivity index (χ4v) is 10.9. The van der Waals surface area contributed by atoms with Crippen molar-refractivity contribution in [2.24, 2.45) is 10.9 Å². The zero-order valence-electron chi connectivity index (χ0n) is 35.1. The third kappa shape index (κ3) is 7.32. The van der Waals surface area contributed by atoms with Crippen LogP contribution in [0.15, 0.2) is 215 Å². The van der Waals surface area contributed by atoms with Gasteiger partial charge in [-0.3, -0.25) is 4.99 Å². The van der Waals surface area contributed by atoms with Gasteiger partial charge in [-0.2, -0.15) is 0 Å². The number of aliphatic imine (C=N–C) groups is 1. The van der Waals surface area contributed by atoms with Gasteiger partial charge in [0.25, 0.3) is 0 Å². The molecule has 2 nitrogen and oxygen atoms in total. The molecule has 6 aromatic carbocycles. The summed E-state index contributed by atoms with van der Waals surface area (Å²) >= 11 is 2.00. The average Bonchev–Trinajstić information content (AvgIpc) is 3.85. The molecule has 2 unspecified atom stereocenters. The molecule has 0 N–H and O–H groups in total. The number of hydrogen-bond acceptors (Lipinski definition) is 3. The number of hydrogen-bond donors (Lipinski definition) is 0. The van der Waals surface area contributed by atoms with Gasteiger partial charge in [0.15, 0.2) is 0 Å². The highest BCUT2D eigenvalue weighted by Gasteiger charge is 2.49. The molecule has 61 heavy (non-hydrogen) atoms.